The van der Waals surface area contributed by atoms with Crippen molar-refractivity contribution in [3.63, 3.8) is 0 Å². The summed E-state index contributed by atoms with van der Waals surface area (Å²) in [6.07, 6.45) is 0.611. The maximum absolute atomic E-state index is 13.5. The Labute approximate surface area is 193 Å². The zero-order chi connectivity index (χ0) is 24.1. The normalized spacial score (nSPS) is 17.4. The van der Waals surface area contributed by atoms with E-state index in [0.29, 0.717) is 40.5 Å². The van der Waals surface area contributed by atoms with Crippen LogP contribution < -0.4 is 9.47 Å². The van der Waals surface area contributed by atoms with E-state index in [1.165, 1.54) is 12.1 Å². The molecule has 0 unspecified atom stereocenters. The Morgan fingerprint density at radius 1 is 1.12 bits per heavy atom. The number of halogens is 2. The van der Waals surface area contributed by atoms with Crippen LogP contribution >= 0.6 is 0 Å². The zero-order valence-corrected chi connectivity index (χ0v) is 18.5. The molecule has 0 saturated heterocycles. The van der Waals surface area contributed by atoms with Crippen molar-refractivity contribution >= 4 is 16.9 Å². The van der Waals surface area contributed by atoms with Gasteiger partial charge in [0, 0.05) is 41.5 Å². The molecule has 6 nitrogen and oxygen atoms in total. The molecule has 0 bridgehead atoms. The third-order valence-corrected chi connectivity index (χ3v) is 6.12. The lowest BCUT2D eigenvalue weighted by Gasteiger charge is -2.21. The number of carboxylic acids is 1. The summed E-state index contributed by atoms with van der Waals surface area (Å²) < 4.78 is 44.1. The SMILES string of the molecule is CC[C@@]1(C(=O)O)Cc2cc(Oc3ccc4c(-c5ccc(C(C)(F)F)cc5)noc4c3)ccc2O1. The number of hydrogen-bond acceptors (Lipinski definition) is 5. The highest BCUT2D eigenvalue weighted by Gasteiger charge is 2.45. The van der Waals surface area contributed by atoms with E-state index in [-0.39, 0.29) is 12.0 Å². The van der Waals surface area contributed by atoms with Gasteiger partial charge in [-0.3, -0.25) is 0 Å². The minimum Gasteiger partial charge on any atom is -0.478 e. The molecular formula is C26H21F2NO5. The van der Waals surface area contributed by atoms with Gasteiger partial charge in [-0.15, -0.1) is 0 Å². The van der Waals surface area contributed by atoms with Crippen LogP contribution in [0.5, 0.6) is 17.2 Å². The molecule has 1 aliphatic heterocycles. The summed E-state index contributed by atoms with van der Waals surface area (Å²) in [6.45, 7) is 2.64. The highest BCUT2D eigenvalue weighted by molar-refractivity contribution is 5.92. The number of aliphatic carboxylic acids is 1. The largest absolute Gasteiger partial charge is 0.478 e. The number of nitrogens with zero attached hydrogens (tertiary/aromatic N) is 1. The third kappa shape index (κ3) is 3.75. The third-order valence-electron chi connectivity index (χ3n) is 6.12. The predicted octanol–water partition coefficient (Wildman–Crippen LogP) is 6.57. The molecule has 8 heteroatoms. The fourth-order valence-corrected chi connectivity index (χ4v) is 4.13. The molecule has 34 heavy (non-hydrogen) atoms. The molecule has 2 heterocycles. The van der Waals surface area contributed by atoms with E-state index in [2.05, 4.69) is 5.16 Å². The van der Waals surface area contributed by atoms with E-state index >= 15 is 0 Å². The fourth-order valence-electron chi connectivity index (χ4n) is 4.13. The van der Waals surface area contributed by atoms with Crippen LogP contribution in [0.25, 0.3) is 22.2 Å². The van der Waals surface area contributed by atoms with Gasteiger partial charge >= 0.3 is 5.97 Å². The molecule has 0 aliphatic carbocycles. The smallest absolute Gasteiger partial charge is 0.348 e. The van der Waals surface area contributed by atoms with E-state index in [9.17, 15) is 18.7 Å². The van der Waals surface area contributed by atoms with Gasteiger partial charge in [-0.1, -0.05) is 36.3 Å². The van der Waals surface area contributed by atoms with Crippen molar-refractivity contribution in [1.29, 1.82) is 0 Å². The molecule has 1 aromatic heterocycles. The second-order valence-corrected chi connectivity index (χ2v) is 8.46. The van der Waals surface area contributed by atoms with Gasteiger partial charge in [-0.25, -0.2) is 13.6 Å². The molecule has 0 amide bonds. The Morgan fingerprint density at radius 3 is 2.50 bits per heavy atom. The topological polar surface area (TPSA) is 81.8 Å². The Morgan fingerprint density at radius 2 is 1.82 bits per heavy atom. The Kier molecular flexibility index (Phi) is 5.04. The Bertz CT molecular complexity index is 1390. The van der Waals surface area contributed by atoms with Crippen molar-refractivity contribution in [2.24, 2.45) is 0 Å². The van der Waals surface area contributed by atoms with Gasteiger partial charge in [-0.05, 0) is 36.8 Å². The Hall–Kier alpha value is -3.94. The van der Waals surface area contributed by atoms with Crippen molar-refractivity contribution in [1.82, 2.24) is 5.16 Å². The van der Waals surface area contributed by atoms with Gasteiger partial charge in [0.1, 0.15) is 22.9 Å². The molecule has 3 aromatic carbocycles. The lowest BCUT2D eigenvalue weighted by atomic mass is 9.94. The van der Waals surface area contributed by atoms with Crippen molar-refractivity contribution in [2.75, 3.05) is 0 Å². The number of ether oxygens (including phenoxy) is 2. The molecule has 1 N–H and O–H groups in total. The molecule has 0 radical (unpaired) electrons. The van der Waals surface area contributed by atoms with Gasteiger partial charge in [0.2, 0.25) is 5.60 Å². The van der Waals surface area contributed by atoms with Gasteiger partial charge < -0.3 is 19.1 Å². The standard InChI is InChI=1S/C26H21F2NO5/c1-3-26(24(30)31)14-16-12-18(9-11-21(16)33-26)32-19-8-10-20-22(13-19)34-29-23(20)15-4-6-17(7-5-15)25(2,27)28/h4-13H,3,14H2,1-2H3,(H,30,31)/t26-/m0/s1. The maximum atomic E-state index is 13.5. The first-order valence-electron chi connectivity index (χ1n) is 10.8. The monoisotopic (exact) mass is 465 g/mol. The molecule has 4 aromatic rings. The number of rotatable bonds is 6. The summed E-state index contributed by atoms with van der Waals surface area (Å²) in [7, 11) is 0. The quantitative estimate of drug-likeness (QED) is 0.347. The summed E-state index contributed by atoms with van der Waals surface area (Å²) in [5.74, 6) is -2.31. The number of alkyl halides is 2. The van der Waals surface area contributed by atoms with E-state index in [0.717, 1.165) is 17.9 Å². The number of aromatic nitrogens is 1. The number of carboxylic acid groups (broad SMARTS) is 1. The van der Waals surface area contributed by atoms with Crippen LogP contribution in [0, 0.1) is 0 Å². The highest BCUT2D eigenvalue weighted by atomic mass is 19.3. The molecule has 1 atom stereocenters. The van der Waals surface area contributed by atoms with Crippen LogP contribution in [0.2, 0.25) is 0 Å². The number of benzene rings is 3. The average molecular weight is 465 g/mol. The first-order valence-corrected chi connectivity index (χ1v) is 10.8. The van der Waals surface area contributed by atoms with Crippen molar-refractivity contribution in [3.05, 3.63) is 71.8 Å². The maximum Gasteiger partial charge on any atom is 0.348 e. The number of carbonyl (C=O) groups is 1. The van der Waals surface area contributed by atoms with Crippen LogP contribution in [-0.4, -0.2) is 21.8 Å². The predicted molar refractivity (Wildman–Crippen MR) is 121 cm³/mol. The summed E-state index contributed by atoms with van der Waals surface area (Å²) in [5, 5.41) is 14.4. The molecule has 1 aliphatic rings. The average Bonchev–Trinajstić information content (AvgIpc) is 3.40. The minimum absolute atomic E-state index is 0.0704. The summed E-state index contributed by atoms with van der Waals surface area (Å²) >= 11 is 0. The summed E-state index contributed by atoms with van der Waals surface area (Å²) in [5.41, 5.74) is 1.15. The van der Waals surface area contributed by atoms with Crippen molar-refractivity contribution in [3.8, 4) is 28.5 Å². The Balaban J connectivity index is 1.38. The van der Waals surface area contributed by atoms with Crippen LogP contribution in [0.15, 0.2) is 65.2 Å². The van der Waals surface area contributed by atoms with E-state index in [1.54, 1.807) is 55.5 Å². The van der Waals surface area contributed by atoms with Gasteiger partial charge in [0.05, 0.1) is 0 Å². The fraction of sp³-hybridized carbons (Fsp3) is 0.231. The number of fused-ring (bicyclic) bond motifs is 2. The van der Waals surface area contributed by atoms with Crippen molar-refractivity contribution < 1.29 is 32.7 Å². The first kappa shape index (κ1) is 21.9. The summed E-state index contributed by atoms with van der Waals surface area (Å²) in [6, 6.07) is 16.4. The van der Waals surface area contributed by atoms with Crippen LogP contribution in [-0.2, 0) is 17.1 Å². The molecular weight excluding hydrogens is 444 g/mol. The zero-order valence-electron chi connectivity index (χ0n) is 18.5. The first-order chi connectivity index (χ1) is 16.2. The van der Waals surface area contributed by atoms with E-state index < -0.39 is 17.5 Å². The molecule has 0 fully saturated rings. The van der Waals surface area contributed by atoms with E-state index in [4.69, 9.17) is 14.0 Å². The van der Waals surface area contributed by atoms with Gasteiger partial charge in [0.25, 0.3) is 5.92 Å². The van der Waals surface area contributed by atoms with E-state index in [1.807, 2.05) is 0 Å². The van der Waals surface area contributed by atoms with Crippen molar-refractivity contribution in [2.45, 2.75) is 38.2 Å². The highest BCUT2D eigenvalue weighted by Crippen LogP contribution is 2.40. The molecule has 0 spiro atoms. The molecule has 0 saturated carbocycles. The van der Waals surface area contributed by atoms with Crippen LogP contribution in [0.4, 0.5) is 8.78 Å². The van der Waals surface area contributed by atoms with Crippen LogP contribution in [0.1, 0.15) is 31.4 Å². The minimum atomic E-state index is -2.91. The number of hydrogen-bond donors (Lipinski definition) is 1. The van der Waals surface area contributed by atoms with Crippen LogP contribution in [0.3, 0.4) is 0 Å². The summed E-state index contributed by atoms with van der Waals surface area (Å²) in [4.78, 5) is 11.7. The lowest BCUT2D eigenvalue weighted by molar-refractivity contribution is -0.154. The second kappa shape index (κ2) is 7.83. The van der Waals surface area contributed by atoms with Gasteiger partial charge in [0.15, 0.2) is 5.58 Å². The second-order valence-electron chi connectivity index (χ2n) is 8.46. The lowest BCUT2D eigenvalue weighted by Crippen LogP contribution is -2.42. The molecule has 5 rings (SSSR count). The molecule has 174 valence electrons. The van der Waals surface area contributed by atoms with Gasteiger partial charge in [-0.2, -0.15) is 0 Å².